The molecule has 122 valence electrons. The Kier molecular flexibility index (Phi) is 3.18. The van der Waals surface area contributed by atoms with E-state index in [2.05, 4.69) is 25.8 Å². The highest BCUT2D eigenvalue weighted by Crippen LogP contribution is 2.34. The normalized spacial score (nSPS) is 12.3. The van der Waals surface area contributed by atoms with Gasteiger partial charge in [-0.15, -0.1) is 11.3 Å². The van der Waals surface area contributed by atoms with Crippen LogP contribution < -0.4 is 5.63 Å². The number of fused-ring (bicyclic) bond motifs is 2. The average molecular weight is 339 g/mol. The van der Waals surface area contributed by atoms with Crippen LogP contribution in [-0.2, 0) is 5.41 Å². The Hall–Kier alpha value is -2.40. The van der Waals surface area contributed by atoms with Crippen LogP contribution in [-0.4, -0.2) is 4.98 Å². The van der Waals surface area contributed by atoms with Crippen LogP contribution in [0.3, 0.4) is 0 Å². The Balaban J connectivity index is 2.01. The monoisotopic (exact) mass is 339 g/mol. The van der Waals surface area contributed by atoms with E-state index in [1.165, 1.54) is 11.3 Å². The van der Waals surface area contributed by atoms with E-state index in [1.807, 2.05) is 24.4 Å². The maximum atomic E-state index is 12.3. The number of aromatic nitrogens is 1. The zero-order valence-corrected chi connectivity index (χ0v) is 14.8. The van der Waals surface area contributed by atoms with Gasteiger partial charge in [-0.3, -0.25) is 0 Å². The average Bonchev–Trinajstić information content (AvgIpc) is 3.09. The summed E-state index contributed by atoms with van der Waals surface area (Å²) in [4.78, 5) is 16.7. The number of thiazole rings is 1. The molecule has 1 aromatic carbocycles. The van der Waals surface area contributed by atoms with Gasteiger partial charge in [-0.2, -0.15) is 0 Å². The molecule has 3 aromatic heterocycles. The predicted molar refractivity (Wildman–Crippen MR) is 96.8 cm³/mol. The van der Waals surface area contributed by atoms with Crippen molar-refractivity contribution in [3.05, 3.63) is 50.8 Å². The number of rotatable bonds is 1. The molecule has 0 atom stereocenters. The molecule has 0 radical (unpaired) electrons. The summed E-state index contributed by atoms with van der Waals surface area (Å²) in [5.41, 5.74) is 3.14. The van der Waals surface area contributed by atoms with Crippen molar-refractivity contribution in [1.29, 1.82) is 0 Å². The van der Waals surface area contributed by atoms with Gasteiger partial charge in [0, 0.05) is 27.8 Å². The molecule has 0 aliphatic heterocycles. The first kappa shape index (κ1) is 15.1. The summed E-state index contributed by atoms with van der Waals surface area (Å²) in [5.74, 6) is 0. The lowest BCUT2D eigenvalue weighted by molar-refractivity contribution is 0.554. The Morgan fingerprint density at radius 3 is 2.58 bits per heavy atom. The predicted octanol–water partition coefficient (Wildman–Crippen LogP) is 5.27. The van der Waals surface area contributed by atoms with Crippen molar-refractivity contribution in [1.82, 2.24) is 4.98 Å². The lowest BCUT2D eigenvalue weighted by atomic mass is 9.86. The van der Waals surface area contributed by atoms with Crippen LogP contribution in [0.2, 0.25) is 0 Å². The van der Waals surface area contributed by atoms with Crippen molar-refractivity contribution < 1.29 is 8.83 Å². The van der Waals surface area contributed by atoms with Gasteiger partial charge in [-0.05, 0) is 24.5 Å². The highest BCUT2D eigenvalue weighted by atomic mass is 32.1. The van der Waals surface area contributed by atoms with Crippen molar-refractivity contribution in [2.24, 2.45) is 0 Å². The molecule has 4 nitrogen and oxygen atoms in total. The van der Waals surface area contributed by atoms with Crippen LogP contribution in [0.1, 0.15) is 31.3 Å². The second kappa shape index (κ2) is 5.05. The number of aryl methyl sites for hydroxylation is 1. The second-order valence-electron chi connectivity index (χ2n) is 6.98. The summed E-state index contributed by atoms with van der Waals surface area (Å²) < 4.78 is 11.2. The van der Waals surface area contributed by atoms with E-state index in [0.29, 0.717) is 16.8 Å². The lowest BCUT2D eigenvalue weighted by Gasteiger charge is -2.16. The molecule has 4 aromatic rings. The first-order valence-electron chi connectivity index (χ1n) is 7.75. The van der Waals surface area contributed by atoms with Gasteiger partial charge < -0.3 is 8.83 Å². The molecule has 0 unspecified atom stereocenters. The van der Waals surface area contributed by atoms with Gasteiger partial charge in [-0.25, -0.2) is 9.78 Å². The van der Waals surface area contributed by atoms with E-state index in [-0.39, 0.29) is 11.0 Å². The van der Waals surface area contributed by atoms with Crippen LogP contribution in [0.15, 0.2) is 43.5 Å². The molecule has 24 heavy (non-hydrogen) atoms. The molecule has 0 saturated carbocycles. The summed E-state index contributed by atoms with van der Waals surface area (Å²) in [6.45, 7) is 8.36. The molecule has 0 amide bonds. The summed E-state index contributed by atoms with van der Waals surface area (Å²) in [6, 6.07) is 5.67. The van der Waals surface area contributed by atoms with Crippen LogP contribution in [0.5, 0.6) is 0 Å². The van der Waals surface area contributed by atoms with Crippen LogP contribution >= 0.6 is 11.3 Å². The molecule has 0 spiro atoms. The molecule has 0 N–H and O–H groups in total. The van der Waals surface area contributed by atoms with E-state index in [9.17, 15) is 4.79 Å². The Morgan fingerprint density at radius 2 is 1.92 bits per heavy atom. The minimum Gasteiger partial charge on any atom is -0.464 e. The summed E-state index contributed by atoms with van der Waals surface area (Å²) in [7, 11) is 0. The molecular weight excluding hydrogens is 322 g/mol. The van der Waals surface area contributed by atoms with Gasteiger partial charge in [0.15, 0.2) is 0 Å². The van der Waals surface area contributed by atoms with Crippen molar-refractivity contribution in [3.63, 3.8) is 0 Å². The van der Waals surface area contributed by atoms with Gasteiger partial charge in [0.1, 0.15) is 11.2 Å². The highest BCUT2D eigenvalue weighted by Gasteiger charge is 2.21. The van der Waals surface area contributed by atoms with E-state index < -0.39 is 0 Å². The van der Waals surface area contributed by atoms with Crippen molar-refractivity contribution in [2.75, 3.05) is 0 Å². The molecule has 3 heterocycles. The van der Waals surface area contributed by atoms with Gasteiger partial charge >= 0.3 is 5.63 Å². The third kappa shape index (κ3) is 2.36. The third-order valence-corrected chi connectivity index (χ3v) is 4.90. The number of hydrogen-bond acceptors (Lipinski definition) is 5. The molecule has 0 fully saturated rings. The standard InChI is InChI=1S/C19H17NO3S/c1-10-20-15(9-24-10)13-6-11-5-12-14(19(2,3)4)8-22-17(12)7-16(11)23-18(13)21/h5-9H,1-4H3. The largest absolute Gasteiger partial charge is 0.464 e. The molecule has 0 bridgehead atoms. The summed E-state index contributed by atoms with van der Waals surface area (Å²) >= 11 is 1.52. The fourth-order valence-corrected chi connectivity index (χ4v) is 3.50. The number of benzene rings is 1. The van der Waals surface area contributed by atoms with E-state index in [0.717, 1.165) is 26.9 Å². The van der Waals surface area contributed by atoms with Crippen molar-refractivity contribution in [3.8, 4) is 11.3 Å². The first-order valence-corrected chi connectivity index (χ1v) is 8.63. The van der Waals surface area contributed by atoms with Crippen LogP contribution in [0, 0.1) is 6.92 Å². The fraction of sp³-hybridized carbons (Fsp3) is 0.263. The maximum Gasteiger partial charge on any atom is 0.345 e. The highest BCUT2D eigenvalue weighted by molar-refractivity contribution is 7.09. The summed E-state index contributed by atoms with van der Waals surface area (Å²) in [5, 5.41) is 4.72. The molecular formula is C19H17NO3S. The third-order valence-electron chi connectivity index (χ3n) is 4.13. The molecule has 0 aliphatic rings. The minimum absolute atomic E-state index is 0.0244. The van der Waals surface area contributed by atoms with Crippen molar-refractivity contribution in [2.45, 2.75) is 33.1 Å². The Morgan fingerprint density at radius 1 is 1.12 bits per heavy atom. The fourth-order valence-electron chi connectivity index (χ4n) is 2.89. The second-order valence-corrected chi connectivity index (χ2v) is 8.05. The SMILES string of the molecule is Cc1nc(-c2cc3cc4c(C(C)(C)C)coc4cc3oc2=O)cs1. The quantitative estimate of drug-likeness (QED) is 0.443. The zero-order valence-electron chi connectivity index (χ0n) is 14.0. The number of furan rings is 1. The Labute approximate surface area is 142 Å². The van der Waals surface area contributed by atoms with Gasteiger partial charge in [0.25, 0.3) is 0 Å². The minimum atomic E-state index is -0.380. The number of nitrogens with zero attached hydrogens (tertiary/aromatic N) is 1. The van der Waals surface area contributed by atoms with Crippen molar-refractivity contribution >= 4 is 33.3 Å². The topological polar surface area (TPSA) is 56.2 Å². The zero-order chi connectivity index (χ0) is 17.1. The smallest absolute Gasteiger partial charge is 0.345 e. The van der Waals surface area contributed by atoms with Gasteiger partial charge in [0.05, 0.1) is 22.5 Å². The van der Waals surface area contributed by atoms with E-state index in [1.54, 1.807) is 12.3 Å². The van der Waals surface area contributed by atoms with Crippen LogP contribution in [0.25, 0.3) is 33.2 Å². The molecule has 0 aliphatic carbocycles. The Bertz CT molecular complexity index is 1130. The van der Waals surface area contributed by atoms with Gasteiger partial charge in [0.2, 0.25) is 0 Å². The summed E-state index contributed by atoms with van der Waals surface area (Å²) in [6.07, 6.45) is 1.78. The molecule has 5 heteroatoms. The van der Waals surface area contributed by atoms with E-state index >= 15 is 0 Å². The lowest BCUT2D eigenvalue weighted by Crippen LogP contribution is -2.09. The number of hydrogen-bond donors (Lipinski definition) is 0. The van der Waals surface area contributed by atoms with Crippen LogP contribution in [0.4, 0.5) is 0 Å². The maximum absolute atomic E-state index is 12.3. The first-order chi connectivity index (χ1) is 11.3. The van der Waals surface area contributed by atoms with E-state index in [4.69, 9.17) is 8.83 Å². The van der Waals surface area contributed by atoms with Gasteiger partial charge in [-0.1, -0.05) is 20.8 Å². The molecule has 4 rings (SSSR count). The molecule has 0 saturated heterocycles.